The van der Waals surface area contributed by atoms with Gasteiger partial charge in [0.05, 0.1) is 17.7 Å². The number of aliphatic imine (C=N–C) groups is 1. The zero-order valence-electron chi connectivity index (χ0n) is 14.6. The van der Waals surface area contributed by atoms with Crippen LogP contribution < -0.4 is 16.4 Å². The Balaban J connectivity index is 1.76. The summed E-state index contributed by atoms with van der Waals surface area (Å²) in [4.78, 5) is 37.2. The monoisotopic (exact) mass is 362 g/mol. The van der Waals surface area contributed by atoms with Gasteiger partial charge in [-0.15, -0.1) is 0 Å². The van der Waals surface area contributed by atoms with E-state index in [1.807, 2.05) is 49.4 Å². The topological polar surface area (TPSA) is 125 Å². The maximum atomic E-state index is 12.9. The summed E-state index contributed by atoms with van der Waals surface area (Å²) < 4.78 is 0. The van der Waals surface area contributed by atoms with E-state index in [-0.39, 0.29) is 18.2 Å². The zero-order valence-corrected chi connectivity index (χ0v) is 14.6. The number of nitrogens with two attached hydrogens (primary N) is 1. The van der Waals surface area contributed by atoms with Crippen LogP contribution in [0.25, 0.3) is 11.0 Å². The Bertz CT molecular complexity index is 1050. The Morgan fingerprint density at radius 3 is 2.63 bits per heavy atom. The van der Waals surface area contributed by atoms with E-state index in [1.165, 1.54) is 0 Å². The number of benzene rings is 2. The predicted octanol–water partition coefficient (Wildman–Crippen LogP) is 1.19. The second-order valence-electron chi connectivity index (χ2n) is 6.33. The maximum Gasteiger partial charge on any atom is 0.272 e. The minimum Gasteiger partial charge on any atom is -0.367 e. The third-order valence-corrected chi connectivity index (χ3v) is 4.66. The summed E-state index contributed by atoms with van der Waals surface area (Å²) in [7, 11) is 0. The SMILES string of the molecule is Cc1ccccc1NC(=O)C1=NCNC1(C(N)=O)c1nc2ccccc2[nH]1. The highest BCUT2D eigenvalue weighted by Gasteiger charge is 2.52. The normalized spacial score (nSPS) is 19.1. The van der Waals surface area contributed by atoms with Gasteiger partial charge in [0.1, 0.15) is 11.5 Å². The molecule has 2 heterocycles. The van der Waals surface area contributed by atoms with E-state index in [2.05, 4.69) is 25.6 Å². The average Bonchev–Trinajstić information content (AvgIpc) is 3.28. The van der Waals surface area contributed by atoms with Crippen LogP contribution in [0.1, 0.15) is 11.4 Å². The third-order valence-electron chi connectivity index (χ3n) is 4.66. The van der Waals surface area contributed by atoms with E-state index in [4.69, 9.17) is 5.73 Å². The number of hydrogen-bond donors (Lipinski definition) is 4. The molecular weight excluding hydrogens is 344 g/mol. The van der Waals surface area contributed by atoms with Crippen molar-refractivity contribution in [1.29, 1.82) is 0 Å². The molecule has 8 nitrogen and oxygen atoms in total. The zero-order chi connectivity index (χ0) is 19.0. The molecule has 0 saturated heterocycles. The molecule has 2 aromatic carbocycles. The van der Waals surface area contributed by atoms with Gasteiger partial charge in [0, 0.05) is 5.69 Å². The van der Waals surface area contributed by atoms with E-state index in [0.29, 0.717) is 11.2 Å². The van der Waals surface area contributed by atoms with E-state index in [1.54, 1.807) is 6.07 Å². The number of para-hydroxylation sites is 3. The number of fused-ring (bicyclic) bond motifs is 1. The molecule has 0 fully saturated rings. The van der Waals surface area contributed by atoms with Crippen molar-refractivity contribution in [3.8, 4) is 0 Å². The lowest BCUT2D eigenvalue weighted by atomic mass is 9.91. The van der Waals surface area contributed by atoms with Crippen LogP contribution in [0, 0.1) is 6.92 Å². The highest BCUT2D eigenvalue weighted by atomic mass is 16.2. The first-order valence-corrected chi connectivity index (χ1v) is 8.44. The van der Waals surface area contributed by atoms with Gasteiger partial charge in [-0.05, 0) is 30.7 Å². The summed E-state index contributed by atoms with van der Waals surface area (Å²) in [5.74, 6) is -1.02. The van der Waals surface area contributed by atoms with Crippen LogP contribution in [0.5, 0.6) is 0 Å². The molecule has 0 aliphatic carbocycles. The van der Waals surface area contributed by atoms with Gasteiger partial charge < -0.3 is 16.0 Å². The number of aryl methyl sites for hydroxylation is 1. The van der Waals surface area contributed by atoms with Gasteiger partial charge in [-0.25, -0.2) is 4.98 Å². The number of carbonyl (C=O) groups excluding carboxylic acids is 2. The number of aromatic amines is 1. The van der Waals surface area contributed by atoms with Crippen molar-refractivity contribution in [1.82, 2.24) is 15.3 Å². The van der Waals surface area contributed by atoms with Crippen LogP contribution in [-0.4, -0.2) is 34.2 Å². The first-order valence-electron chi connectivity index (χ1n) is 8.44. The first-order chi connectivity index (χ1) is 13.0. The lowest BCUT2D eigenvalue weighted by Gasteiger charge is -2.25. The Labute approximate surface area is 154 Å². The molecule has 1 aromatic heterocycles. The van der Waals surface area contributed by atoms with Crippen molar-refractivity contribution in [2.45, 2.75) is 12.5 Å². The third kappa shape index (κ3) is 2.67. The number of primary amides is 1. The molecule has 8 heteroatoms. The van der Waals surface area contributed by atoms with Crippen molar-refractivity contribution in [2.24, 2.45) is 10.7 Å². The number of carbonyl (C=O) groups is 2. The van der Waals surface area contributed by atoms with Crippen molar-refractivity contribution in [3.05, 3.63) is 59.9 Å². The molecule has 2 amide bonds. The molecule has 3 aromatic rings. The number of nitrogens with one attached hydrogen (secondary N) is 3. The molecule has 4 rings (SSSR count). The highest BCUT2D eigenvalue weighted by Crippen LogP contribution is 2.27. The quantitative estimate of drug-likeness (QED) is 0.556. The Morgan fingerprint density at radius 2 is 1.89 bits per heavy atom. The van der Waals surface area contributed by atoms with Crippen LogP contribution >= 0.6 is 0 Å². The number of hydrogen-bond acceptors (Lipinski definition) is 5. The molecule has 1 aliphatic heterocycles. The molecule has 27 heavy (non-hydrogen) atoms. The molecule has 0 spiro atoms. The van der Waals surface area contributed by atoms with Crippen LogP contribution in [0.3, 0.4) is 0 Å². The van der Waals surface area contributed by atoms with Crippen molar-refractivity contribution in [3.63, 3.8) is 0 Å². The number of anilines is 1. The standard InChI is InChI=1S/C19H18N6O2/c1-11-6-2-3-7-12(11)23-16(26)15-19(17(20)27,22-10-21-15)18-24-13-8-4-5-9-14(13)25-18/h2-9,22H,10H2,1H3,(H2,20,27)(H,23,26)(H,24,25). The van der Waals surface area contributed by atoms with Gasteiger partial charge in [-0.1, -0.05) is 30.3 Å². The summed E-state index contributed by atoms with van der Waals surface area (Å²) in [6.45, 7) is 1.96. The average molecular weight is 362 g/mol. The minimum absolute atomic E-state index is 0.0164. The van der Waals surface area contributed by atoms with Crippen LogP contribution in [0.15, 0.2) is 53.5 Å². The Kier molecular flexibility index (Phi) is 3.97. The van der Waals surface area contributed by atoms with Crippen molar-refractivity contribution >= 4 is 34.2 Å². The smallest absolute Gasteiger partial charge is 0.272 e. The van der Waals surface area contributed by atoms with Gasteiger partial charge in [0.2, 0.25) is 5.54 Å². The van der Waals surface area contributed by atoms with E-state index < -0.39 is 17.4 Å². The molecule has 1 aliphatic rings. The van der Waals surface area contributed by atoms with Gasteiger partial charge in [0.15, 0.2) is 0 Å². The van der Waals surface area contributed by atoms with Crippen molar-refractivity contribution < 1.29 is 9.59 Å². The molecule has 0 saturated carbocycles. The molecule has 1 atom stereocenters. The van der Waals surface area contributed by atoms with E-state index >= 15 is 0 Å². The predicted molar refractivity (Wildman–Crippen MR) is 102 cm³/mol. The van der Waals surface area contributed by atoms with Crippen LogP contribution in [0.4, 0.5) is 5.69 Å². The molecule has 136 valence electrons. The summed E-state index contributed by atoms with van der Waals surface area (Å²) in [6, 6.07) is 14.7. The van der Waals surface area contributed by atoms with E-state index in [0.717, 1.165) is 11.1 Å². The largest absolute Gasteiger partial charge is 0.367 e. The molecule has 5 N–H and O–H groups in total. The fraction of sp³-hybridized carbons (Fsp3) is 0.158. The summed E-state index contributed by atoms with van der Waals surface area (Å²) in [5.41, 5.74) is 7.02. The summed E-state index contributed by atoms with van der Waals surface area (Å²) >= 11 is 0. The maximum absolute atomic E-state index is 12.9. The number of aromatic nitrogens is 2. The van der Waals surface area contributed by atoms with Crippen LogP contribution in [0.2, 0.25) is 0 Å². The number of rotatable bonds is 4. The number of imidazole rings is 1. The second kappa shape index (κ2) is 6.33. The lowest BCUT2D eigenvalue weighted by Crippen LogP contribution is -2.58. The Hall–Kier alpha value is -3.52. The van der Waals surface area contributed by atoms with Crippen molar-refractivity contribution in [2.75, 3.05) is 12.0 Å². The van der Waals surface area contributed by atoms with Gasteiger partial charge in [-0.3, -0.25) is 19.9 Å². The highest BCUT2D eigenvalue weighted by molar-refractivity contribution is 6.50. The summed E-state index contributed by atoms with van der Waals surface area (Å²) in [5, 5.41) is 5.75. The van der Waals surface area contributed by atoms with Gasteiger partial charge >= 0.3 is 0 Å². The minimum atomic E-state index is -1.62. The summed E-state index contributed by atoms with van der Waals surface area (Å²) in [6.07, 6.45) is 0. The molecule has 0 radical (unpaired) electrons. The van der Waals surface area contributed by atoms with E-state index in [9.17, 15) is 9.59 Å². The number of nitrogens with zero attached hydrogens (tertiary/aromatic N) is 2. The van der Waals surface area contributed by atoms with Gasteiger partial charge in [0.25, 0.3) is 11.8 Å². The second-order valence-corrected chi connectivity index (χ2v) is 6.33. The van der Waals surface area contributed by atoms with Crippen LogP contribution in [-0.2, 0) is 15.1 Å². The van der Waals surface area contributed by atoms with Gasteiger partial charge in [-0.2, -0.15) is 0 Å². The lowest BCUT2D eigenvalue weighted by molar-refractivity contribution is -0.123. The first kappa shape index (κ1) is 16.9. The molecular formula is C19H18N6O2. The fourth-order valence-electron chi connectivity index (χ4n) is 3.22. The molecule has 0 bridgehead atoms. The molecule has 1 unspecified atom stereocenters. The number of amides is 2. The fourth-order valence-corrected chi connectivity index (χ4v) is 3.22. The number of H-pyrrole nitrogens is 1. The Morgan fingerprint density at radius 1 is 1.15 bits per heavy atom.